The Morgan fingerprint density at radius 3 is 2.35 bits per heavy atom. The van der Waals surface area contributed by atoms with Crippen molar-refractivity contribution in [3.8, 4) is 0 Å². The van der Waals surface area contributed by atoms with Crippen LogP contribution in [0, 0.1) is 11.7 Å². The number of para-hydroxylation sites is 1. The van der Waals surface area contributed by atoms with Crippen LogP contribution in [0.2, 0.25) is 0 Å². The summed E-state index contributed by atoms with van der Waals surface area (Å²) in [4.78, 5) is 24.5. The zero-order chi connectivity index (χ0) is 18.9. The van der Waals surface area contributed by atoms with Gasteiger partial charge in [-0.15, -0.1) is 0 Å². The van der Waals surface area contributed by atoms with Crippen LogP contribution in [-0.4, -0.2) is 18.4 Å². The molecule has 2 atom stereocenters. The summed E-state index contributed by atoms with van der Waals surface area (Å²) in [7, 11) is 0. The Balaban J connectivity index is 1.82. The fourth-order valence-corrected chi connectivity index (χ4v) is 2.93. The van der Waals surface area contributed by atoms with Crippen LogP contribution in [0.3, 0.4) is 0 Å². The number of anilines is 1. The predicted octanol–water partition coefficient (Wildman–Crippen LogP) is 3.31. The van der Waals surface area contributed by atoms with E-state index in [1.54, 1.807) is 0 Å². The summed E-state index contributed by atoms with van der Waals surface area (Å²) in [6.07, 6.45) is -4.47. The number of carbonyl (C=O) groups is 2. The minimum absolute atomic E-state index is 0.0663. The van der Waals surface area contributed by atoms with Gasteiger partial charge in [-0.3, -0.25) is 9.59 Å². The van der Waals surface area contributed by atoms with Crippen molar-refractivity contribution in [1.82, 2.24) is 5.32 Å². The molecule has 0 saturated carbocycles. The normalized spacial score (nSPS) is 19.9. The third-order valence-corrected chi connectivity index (χ3v) is 4.26. The third-order valence-electron chi connectivity index (χ3n) is 4.26. The van der Waals surface area contributed by atoms with Crippen LogP contribution in [-0.2, 0) is 15.8 Å². The van der Waals surface area contributed by atoms with Crippen LogP contribution in [0.1, 0.15) is 17.0 Å². The maximum absolute atomic E-state index is 13.7. The van der Waals surface area contributed by atoms with Crippen LogP contribution >= 0.6 is 0 Å². The molecule has 2 unspecified atom stereocenters. The quantitative estimate of drug-likeness (QED) is 0.647. The van der Waals surface area contributed by atoms with E-state index >= 15 is 0 Å². The van der Waals surface area contributed by atoms with Crippen molar-refractivity contribution in [1.29, 1.82) is 0 Å². The number of hydrogen-bond acceptors (Lipinski definition) is 2. The van der Waals surface area contributed by atoms with Crippen molar-refractivity contribution in [2.45, 2.75) is 12.1 Å². The molecule has 0 bridgehead atoms. The van der Waals surface area contributed by atoms with Gasteiger partial charge in [-0.05, 0) is 29.8 Å². The topological polar surface area (TPSA) is 58.2 Å². The van der Waals surface area contributed by atoms with Gasteiger partial charge in [-0.25, -0.2) is 4.39 Å². The highest BCUT2D eigenvalue weighted by atomic mass is 19.4. The first-order chi connectivity index (χ1) is 12.3. The van der Waals surface area contributed by atoms with Gasteiger partial charge in [0.25, 0.3) is 0 Å². The molecule has 1 fully saturated rings. The van der Waals surface area contributed by atoms with Crippen molar-refractivity contribution in [2.75, 3.05) is 11.9 Å². The monoisotopic (exact) mass is 366 g/mol. The zero-order valence-electron chi connectivity index (χ0n) is 13.3. The molecule has 26 heavy (non-hydrogen) atoms. The maximum Gasteiger partial charge on any atom is 0.416 e. The highest BCUT2D eigenvalue weighted by Crippen LogP contribution is 2.34. The molecule has 2 aromatic rings. The van der Waals surface area contributed by atoms with Gasteiger partial charge in [0.1, 0.15) is 11.7 Å². The van der Waals surface area contributed by atoms with Gasteiger partial charge in [0, 0.05) is 12.5 Å². The summed E-state index contributed by atoms with van der Waals surface area (Å²) >= 11 is 0. The molecule has 1 heterocycles. The molecule has 2 amide bonds. The van der Waals surface area contributed by atoms with Gasteiger partial charge in [-0.1, -0.05) is 24.3 Å². The third kappa shape index (κ3) is 3.54. The second-order valence-corrected chi connectivity index (χ2v) is 5.92. The zero-order valence-corrected chi connectivity index (χ0v) is 13.3. The molecule has 8 heteroatoms. The summed E-state index contributed by atoms with van der Waals surface area (Å²) in [5.74, 6) is -3.72. The van der Waals surface area contributed by atoms with E-state index in [4.69, 9.17) is 0 Å². The van der Waals surface area contributed by atoms with E-state index in [-0.39, 0.29) is 12.2 Å². The molecule has 0 aromatic heterocycles. The molecule has 4 nitrogen and oxygen atoms in total. The number of carbonyl (C=O) groups excluding carboxylic acids is 2. The first-order valence-electron chi connectivity index (χ1n) is 7.77. The molecule has 3 rings (SSSR count). The summed E-state index contributed by atoms with van der Waals surface area (Å²) in [5.41, 5.74) is -0.459. The molecule has 0 spiro atoms. The SMILES string of the molecule is O=C1NCC(c2ccc(C(F)(F)F)cc2)C1C(=O)Nc1ccccc1F. The van der Waals surface area contributed by atoms with Crippen molar-refractivity contribution in [2.24, 2.45) is 5.92 Å². The van der Waals surface area contributed by atoms with Gasteiger partial charge < -0.3 is 10.6 Å². The molecule has 1 aliphatic rings. The summed E-state index contributed by atoms with van der Waals surface area (Å²) in [6.45, 7) is 0.111. The molecule has 2 N–H and O–H groups in total. The molecule has 2 aromatic carbocycles. The van der Waals surface area contributed by atoms with E-state index in [0.717, 1.165) is 18.2 Å². The Hall–Kier alpha value is -2.90. The Kier molecular flexibility index (Phi) is 4.67. The Labute approximate surface area is 146 Å². The van der Waals surface area contributed by atoms with Gasteiger partial charge in [0.15, 0.2) is 0 Å². The highest BCUT2D eigenvalue weighted by Gasteiger charge is 2.41. The Bertz CT molecular complexity index is 834. The van der Waals surface area contributed by atoms with Crippen molar-refractivity contribution < 1.29 is 27.2 Å². The lowest BCUT2D eigenvalue weighted by Gasteiger charge is -2.18. The fourth-order valence-electron chi connectivity index (χ4n) is 2.93. The smallest absolute Gasteiger partial charge is 0.355 e. The molecule has 1 saturated heterocycles. The van der Waals surface area contributed by atoms with Gasteiger partial charge in [-0.2, -0.15) is 13.2 Å². The van der Waals surface area contributed by atoms with Crippen molar-refractivity contribution >= 4 is 17.5 Å². The van der Waals surface area contributed by atoms with Gasteiger partial charge in [0.05, 0.1) is 11.3 Å². The average Bonchev–Trinajstić information content (AvgIpc) is 2.98. The Morgan fingerprint density at radius 2 is 1.73 bits per heavy atom. The van der Waals surface area contributed by atoms with E-state index in [0.29, 0.717) is 5.56 Å². The van der Waals surface area contributed by atoms with Crippen LogP contribution < -0.4 is 10.6 Å². The first-order valence-corrected chi connectivity index (χ1v) is 7.77. The minimum Gasteiger partial charge on any atom is -0.355 e. The summed E-state index contributed by atoms with van der Waals surface area (Å²) in [6, 6.07) is 9.81. The minimum atomic E-state index is -4.47. The number of amides is 2. The lowest BCUT2D eigenvalue weighted by Crippen LogP contribution is -2.32. The number of nitrogens with one attached hydrogen (secondary N) is 2. The van der Waals surface area contributed by atoms with Crippen LogP contribution in [0.5, 0.6) is 0 Å². The summed E-state index contributed by atoms with van der Waals surface area (Å²) in [5, 5.41) is 4.89. The number of hydrogen-bond donors (Lipinski definition) is 2. The molecule has 0 aliphatic carbocycles. The molecule has 136 valence electrons. The van der Waals surface area contributed by atoms with E-state index in [9.17, 15) is 27.2 Å². The predicted molar refractivity (Wildman–Crippen MR) is 85.7 cm³/mol. The lowest BCUT2D eigenvalue weighted by atomic mass is 9.87. The largest absolute Gasteiger partial charge is 0.416 e. The second-order valence-electron chi connectivity index (χ2n) is 5.92. The van der Waals surface area contributed by atoms with Gasteiger partial charge in [0.2, 0.25) is 11.8 Å². The van der Waals surface area contributed by atoms with Crippen LogP contribution in [0.4, 0.5) is 23.2 Å². The van der Waals surface area contributed by atoms with E-state index in [2.05, 4.69) is 10.6 Å². The molecular formula is C18H14F4N2O2. The average molecular weight is 366 g/mol. The number of alkyl halides is 3. The lowest BCUT2D eigenvalue weighted by molar-refractivity contribution is -0.137. The fraction of sp³-hybridized carbons (Fsp3) is 0.222. The first kappa shape index (κ1) is 17.9. The number of halogens is 4. The van der Waals surface area contributed by atoms with Crippen LogP contribution in [0.25, 0.3) is 0 Å². The maximum atomic E-state index is 13.7. The summed E-state index contributed by atoms with van der Waals surface area (Å²) < 4.78 is 51.7. The molecule has 0 radical (unpaired) electrons. The van der Waals surface area contributed by atoms with E-state index in [1.807, 2.05) is 0 Å². The molecular weight excluding hydrogens is 352 g/mol. The standard InChI is InChI=1S/C18H14F4N2O2/c19-13-3-1-2-4-14(13)24-17(26)15-12(9-23-16(15)25)10-5-7-11(8-6-10)18(20,21)22/h1-8,12,15H,9H2,(H,23,25)(H,24,26). The van der Waals surface area contributed by atoms with Crippen molar-refractivity contribution in [3.05, 3.63) is 65.5 Å². The number of rotatable bonds is 3. The van der Waals surface area contributed by atoms with Crippen molar-refractivity contribution in [3.63, 3.8) is 0 Å². The second kappa shape index (κ2) is 6.78. The molecule has 1 aliphatic heterocycles. The van der Waals surface area contributed by atoms with E-state index < -0.39 is 41.2 Å². The van der Waals surface area contributed by atoms with Crippen LogP contribution in [0.15, 0.2) is 48.5 Å². The highest BCUT2D eigenvalue weighted by molar-refractivity contribution is 6.08. The van der Waals surface area contributed by atoms with Gasteiger partial charge >= 0.3 is 6.18 Å². The Morgan fingerprint density at radius 1 is 1.08 bits per heavy atom. The van der Waals surface area contributed by atoms with E-state index in [1.165, 1.54) is 30.3 Å². The number of benzene rings is 2.